The van der Waals surface area contributed by atoms with Crippen LogP contribution in [0.3, 0.4) is 0 Å². The van der Waals surface area contributed by atoms with Gasteiger partial charge in [0.25, 0.3) is 5.91 Å². The highest BCUT2D eigenvalue weighted by Crippen LogP contribution is 2.39. The van der Waals surface area contributed by atoms with Gasteiger partial charge in [0, 0.05) is 59.3 Å². The van der Waals surface area contributed by atoms with Crippen molar-refractivity contribution in [2.45, 2.75) is 78.0 Å². The average molecular weight is 819 g/mol. The summed E-state index contributed by atoms with van der Waals surface area (Å²) >= 11 is 7.80. The number of nitrogens with one attached hydrogen (secondary N) is 1. The Morgan fingerprint density at radius 1 is 1.05 bits per heavy atom. The Labute approximate surface area is 343 Å². The lowest BCUT2D eigenvalue weighted by Gasteiger charge is -2.29. The van der Waals surface area contributed by atoms with Gasteiger partial charge in [0.15, 0.2) is 5.82 Å². The molecule has 0 bridgehead atoms. The first-order chi connectivity index (χ1) is 28.0. The highest BCUT2D eigenvalue weighted by molar-refractivity contribution is 7.15. The summed E-state index contributed by atoms with van der Waals surface area (Å²) in [6.07, 6.45) is 5.29. The van der Waals surface area contributed by atoms with Crippen LogP contribution in [0.5, 0.6) is 5.75 Å². The SMILES string of the molecule is Cc1c(C#Cc2cnn(CCCC(=O)OCCCOc3cccc4c3CN(C3CCC(=O)NC3=O)C4=O)c2)sc2c1C(c1ccc(Cl)cc1)=N[C@@H](C)c1nnc(C)n1-2. The predicted octanol–water partition coefficient (Wildman–Crippen LogP) is 5.66. The van der Waals surface area contributed by atoms with E-state index < -0.39 is 11.9 Å². The van der Waals surface area contributed by atoms with Crippen LogP contribution < -0.4 is 10.1 Å². The highest BCUT2D eigenvalue weighted by Gasteiger charge is 2.40. The fourth-order valence-corrected chi connectivity index (χ4v) is 8.70. The number of thiophene rings is 1. The van der Waals surface area contributed by atoms with Gasteiger partial charge in [-0.2, -0.15) is 5.10 Å². The molecule has 296 valence electrons. The lowest BCUT2D eigenvalue weighted by molar-refractivity contribution is -0.144. The van der Waals surface area contributed by atoms with Crippen LogP contribution >= 0.6 is 22.9 Å². The second kappa shape index (κ2) is 16.4. The van der Waals surface area contributed by atoms with Gasteiger partial charge in [-0.05, 0) is 63.4 Å². The quantitative estimate of drug-likeness (QED) is 0.0767. The van der Waals surface area contributed by atoms with E-state index in [0.29, 0.717) is 47.7 Å². The Morgan fingerprint density at radius 2 is 1.88 bits per heavy atom. The third kappa shape index (κ3) is 7.77. The summed E-state index contributed by atoms with van der Waals surface area (Å²) in [4.78, 5) is 57.0. The second-order valence-electron chi connectivity index (χ2n) is 14.3. The van der Waals surface area contributed by atoms with Crippen LogP contribution in [0.2, 0.25) is 5.02 Å². The molecule has 3 aromatic heterocycles. The van der Waals surface area contributed by atoms with Crippen molar-refractivity contribution in [3.8, 4) is 22.6 Å². The predicted molar refractivity (Wildman–Crippen MR) is 215 cm³/mol. The Hall–Kier alpha value is -6.11. The molecule has 8 rings (SSSR count). The van der Waals surface area contributed by atoms with Gasteiger partial charge in [0.2, 0.25) is 11.8 Å². The topological polar surface area (TPSA) is 163 Å². The van der Waals surface area contributed by atoms with Crippen molar-refractivity contribution in [3.05, 3.63) is 110 Å². The number of halogens is 1. The van der Waals surface area contributed by atoms with Gasteiger partial charge in [-0.15, -0.1) is 21.5 Å². The monoisotopic (exact) mass is 818 g/mol. The Balaban J connectivity index is 0.823. The molecule has 1 unspecified atom stereocenters. The Bertz CT molecular complexity index is 2540. The minimum absolute atomic E-state index is 0.187. The average Bonchev–Trinajstić information content (AvgIpc) is 3.97. The van der Waals surface area contributed by atoms with Crippen molar-refractivity contribution >= 4 is 52.3 Å². The number of nitrogens with zero attached hydrogens (tertiary/aromatic N) is 7. The number of rotatable bonds is 11. The van der Waals surface area contributed by atoms with Crippen LogP contribution in [0, 0.1) is 25.7 Å². The number of amides is 3. The fraction of sp³-hybridized carbons (Fsp3) is 0.333. The van der Waals surface area contributed by atoms with Gasteiger partial charge >= 0.3 is 5.97 Å². The van der Waals surface area contributed by atoms with Crippen molar-refractivity contribution in [2.24, 2.45) is 4.99 Å². The van der Waals surface area contributed by atoms with Gasteiger partial charge in [-0.1, -0.05) is 41.6 Å². The zero-order valence-corrected chi connectivity index (χ0v) is 33.7. The molecule has 5 aromatic rings. The van der Waals surface area contributed by atoms with Crippen LogP contribution in [0.15, 0.2) is 59.9 Å². The van der Waals surface area contributed by atoms with E-state index in [1.54, 1.807) is 40.4 Å². The standard InChI is InChI=1S/C42H39ClN8O6S/c1-24-34(58-42-37(24)38(28-11-13-29(43)14-12-28)45-25(2)39-48-47-26(3)51(39)42)16-10-27-21-44-49(22-27)18-5-9-36(53)57-20-6-19-56-33-8-4-7-30-31(33)23-50(41(30)55)32-15-17-35(52)46-40(32)54/h4,7-8,11-14,21-22,25,32H,5-6,9,15,17-20,23H2,1-3H3,(H,46,52,54)/t25-,32?/m0/s1. The molecule has 3 amide bonds. The first-order valence-corrected chi connectivity index (χ1v) is 20.2. The maximum atomic E-state index is 13.1. The van der Waals surface area contributed by atoms with Crippen LogP contribution in [-0.2, 0) is 32.2 Å². The number of carbonyl (C=O) groups excluding carboxylic acids is 4. The van der Waals surface area contributed by atoms with Gasteiger partial charge in [0.1, 0.15) is 28.7 Å². The first kappa shape index (κ1) is 38.7. The number of piperidine rings is 1. The maximum Gasteiger partial charge on any atom is 0.305 e. The normalized spacial score (nSPS) is 17.1. The zero-order chi connectivity index (χ0) is 40.5. The van der Waals surface area contributed by atoms with E-state index in [-0.39, 0.29) is 56.4 Å². The van der Waals surface area contributed by atoms with E-state index >= 15 is 0 Å². The van der Waals surface area contributed by atoms with E-state index in [9.17, 15) is 19.2 Å². The second-order valence-corrected chi connectivity index (χ2v) is 15.7. The zero-order valence-electron chi connectivity index (χ0n) is 32.1. The minimum Gasteiger partial charge on any atom is -0.493 e. The van der Waals surface area contributed by atoms with Crippen molar-refractivity contribution < 1.29 is 28.7 Å². The van der Waals surface area contributed by atoms with Crippen LogP contribution in [-0.4, -0.2) is 78.1 Å². The molecule has 0 aliphatic carbocycles. The molecule has 2 atom stereocenters. The number of carbonyl (C=O) groups is 4. The largest absolute Gasteiger partial charge is 0.493 e. The van der Waals surface area contributed by atoms with Gasteiger partial charge in [-0.25, -0.2) is 0 Å². The molecule has 1 saturated heterocycles. The molecule has 1 fully saturated rings. The number of fused-ring (bicyclic) bond motifs is 4. The van der Waals surface area contributed by atoms with Crippen molar-refractivity contribution in [2.75, 3.05) is 13.2 Å². The summed E-state index contributed by atoms with van der Waals surface area (Å²) in [5.41, 5.74) is 5.77. The minimum atomic E-state index is -0.697. The van der Waals surface area contributed by atoms with Crippen LogP contribution in [0.4, 0.5) is 0 Å². The van der Waals surface area contributed by atoms with E-state index in [2.05, 4.69) is 43.9 Å². The van der Waals surface area contributed by atoms with Gasteiger partial charge in [0.05, 0.1) is 42.1 Å². The molecular formula is C42H39ClN8O6S. The van der Waals surface area contributed by atoms with Crippen molar-refractivity contribution in [1.82, 2.24) is 34.8 Å². The molecule has 0 saturated carbocycles. The summed E-state index contributed by atoms with van der Waals surface area (Å²) in [6, 6.07) is 12.0. The molecule has 1 N–H and O–H groups in total. The lowest BCUT2D eigenvalue weighted by atomic mass is 9.99. The third-order valence-electron chi connectivity index (χ3n) is 10.3. The number of benzene rings is 2. The summed E-state index contributed by atoms with van der Waals surface area (Å²) in [5.74, 6) is 7.37. The molecule has 0 radical (unpaired) electrons. The number of hydrogen-bond donors (Lipinski definition) is 1. The highest BCUT2D eigenvalue weighted by atomic mass is 35.5. The number of aliphatic imine (C=N–C) groups is 1. The summed E-state index contributed by atoms with van der Waals surface area (Å²) in [7, 11) is 0. The maximum absolute atomic E-state index is 13.1. The summed E-state index contributed by atoms with van der Waals surface area (Å²) < 4.78 is 15.2. The van der Waals surface area contributed by atoms with E-state index in [0.717, 1.165) is 49.5 Å². The number of aromatic nitrogens is 5. The van der Waals surface area contributed by atoms with E-state index in [1.165, 1.54) is 4.90 Å². The molecule has 58 heavy (non-hydrogen) atoms. The molecule has 6 heterocycles. The van der Waals surface area contributed by atoms with Crippen LogP contribution in [0.25, 0.3) is 5.00 Å². The molecule has 3 aliphatic rings. The molecule has 3 aliphatic heterocycles. The molecule has 14 nitrogen and oxygen atoms in total. The smallest absolute Gasteiger partial charge is 0.305 e. The number of imide groups is 1. The van der Waals surface area contributed by atoms with E-state index in [4.69, 9.17) is 26.1 Å². The molecule has 0 spiro atoms. The third-order valence-corrected chi connectivity index (χ3v) is 11.7. The lowest BCUT2D eigenvalue weighted by Crippen LogP contribution is -2.52. The Kier molecular flexibility index (Phi) is 11.0. The first-order valence-electron chi connectivity index (χ1n) is 19.0. The number of ether oxygens (including phenoxy) is 2. The number of hydrogen-bond acceptors (Lipinski definition) is 11. The number of aryl methyl sites for hydroxylation is 2. The summed E-state index contributed by atoms with van der Waals surface area (Å²) in [6.45, 7) is 7.23. The van der Waals surface area contributed by atoms with Crippen molar-refractivity contribution in [1.29, 1.82) is 0 Å². The number of esters is 1. The van der Waals surface area contributed by atoms with E-state index in [1.807, 2.05) is 44.3 Å². The molecule has 16 heteroatoms. The Morgan fingerprint density at radius 3 is 2.69 bits per heavy atom. The molecular weight excluding hydrogens is 780 g/mol. The molecule has 2 aromatic carbocycles. The van der Waals surface area contributed by atoms with Crippen LogP contribution in [0.1, 0.15) is 99.8 Å². The van der Waals surface area contributed by atoms with Gasteiger partial charge < -0.3 is 14.4 Å². The summed E-state index contributed by atoms with van der Waals surface area (Å²) in [5, 5.41) is 17.2. The van der Waals surface area contributed by atoms with Crippen molar-refractivity contribution in [3.63, 3.8) is 0 Å². The van der Waals surface area contributed by atoms with Gasteiger partial charge in [-0.3, -0.25) is 38.7 Å². The fourth-order valence-electron chi connectivity index (χ4n) is 7.35.